The topological polar surface area (TPSA) is 82.1 Å². The summed E-state index contributed by atoms with van der Waals surface area (Å²) in [5.74, 6) is 0. The molecule has 0 aromatic heterocycles. The van der Waals surface area contributed by atoms with E-state index in [0.717, 1.165) is 5.56 Å². The lowest BCUT2D eigenvalue weighted by Crippen LogP contribution is -2.24. The number of hydrogen-bond acceptors (Lipinski definition) is 6. The van der Waals surface area contributed by atoms with Crippen molar-refractivity contribution in [3.8, 4) is 0 Å². The van der Waals surface area contributed by atoms with Gasteiger partial charge in [-0.15, -0.1) is 0 Å². The van der Waals surface area contributed by atoms with Gasteiger partial charge in [0.1, 0.15) is 0 Å². The predicted octanol–water partition coefficient (Wildman–Crippen LogP) is 1.07. The first-order chi connectivity index (χ1) is 9.45. The molecule has 0 radical (unpaired) electrons. The Bertz CT molecular complexity index is 482. The summed E-state index contributed by atoms with van der Waals surface area (Å²) in [5, 5.41) is 9.49. The van der Waals surface area contributed by atoms with Crippen molar-refractivity contribution >= 4 is 10.1 Å². The third kappa shape index (κ3) is 5.98. The van der Waals surface area contributed by atoms with Gasteiger partial charge in [0, 0.05) is 6.61 Å². The highest BCUT2D eigenvalue weighted by molar-refractivity contribution is 7.86. The fourth-order valence-electron chi connectivity index (χ4n) is 1.38. The summed E-state index contributed by atoms with van der Waals surface area (Å²) in [5.41, 5.74) is 0.934. The fraction of sp³-hybridized carbons (Fsp3) is 0.538. The minimum Gasteiger partial charge on any atom is -0.379 e. The fourth-order valence-corrected chi connectivity index (χ4v) is 2.31. The Morgan fingerprint density at radius 1 is 1.15 bits per heavy atom. The monoisotopic (exact) mass is 304 g/mol. The van der Waals surface area contributed by atoms with Crippen LogP contribution in [-0.2, 0) is 23.8 Å². The van der Waals surface area contributed by atoms with Crippen molar-refractivity contribution in [1.29, 1.82) is 0 Å². The predicted molar refractivity (Wildman–Crippen MR) is 72.8 cm³/mol. The number of benzene rings is 1. The molecule has 0 aliphatic rings. The van der Waals surface area contributed by atoms with E-state index in [2.05, 4.69) is 4.18 Å². The zero-order chi connectivity index (χ0) is 15.0. The summed E-state index contributed by atoms with van der Waals surface area (Å²) < 4.78 is 38.4. The molecule has 0 aliphatic heterocycles. The highest BCUT2D eigenvalue weighted by Crippen LogP contribution is 2.14. The molecule has 1 aromatic carbocycles. The quantitative estimate of drug-likeness (QED) is 0.417. The summed E-state index contributed by atoms with van der Waals surface area (Å²) >= 11 is 0. The van der Waals surface area contributed by atoms with Crippen LogP contribution < -0.4 is 0 Å². The maximum atomic E-state index is 11.8. The zero-order valence-electron chi connectivity index (χ0n) is 11.6. The van der Waals surface area contributed by atoms with Crippen LogP contribution in [0.15, 0.2) is 29.2 Å². The van der Waals surface area contributed by atoms with Gasteiger partial charge in [0.2, 0.25) is 0 Å². The first-order valence-corrected chi connectivity index (χ1v) is 7.70. The minimum atomic E-state index is -3.98. The van der Waals surface area contributed by atoms with Crippen molar-refractivity contribution in [1.82, 2.24) is 0 Å². The Labute approximate surface area is 119 Å². The highest BCUT2D eigenvalue weighted by Gasteiger charge is 2.20. The van der Waals surface area contributed by atoms with Gasteiger partial charge < -0.3 is 14.6 Å². The van der Waals surface area contributed by atoms with Gasteiger partial charge in [0.05, 0.1) is 24.7 Å². The minimum absolute atomic E-state index is 0.00327. The van der Waals surface area contributed by atoms with Crippen LogP contribution in [0.2, 0.25) is 0 Å². The van der Waals surface area contributed by atoms with Crippen molar-refractivity contribution in [2.24, 2.45) is 0 Å². The number of hydrogen-bond donors (Lipinski definition) is 1. The zero-order valence-corrected chi connectivity index (χ0v) is 12.4. The van der Waals surface area contributed by atoms with Crippen LogP contribution in [0.25, 0.3) is 0 Å². The van der Waals surface area contributed by atoms with Crippen LogP contribution >= 0.6 is 0 Å². The lowest BCUT2D eigenvalue weighted by molar-refractivity contribution is -0.0806. The van der Waals surface area contributed by atoms with E-state index < -0.39 is 16.4 Å². The van der Waals surface area contributed by atoms with Crippen molar-refractivity contribution in [3.05, 3.63) is 29.8 Å². The van der Waals surface area contributed by atoms with Crippen LogP contribution in [0.5, 0.6) is 0 Å². The van der Waals surface area contributed by atoms with E-state index in [1.54, 1.807) is 12.1 Å². The number of aryl methyl sites for hydroxylation is 1. The Hall–Kier alpha value is -0.990. The van der Waals surface area contributed by atoms with E-state index in [1.165, 1.54) is 12.1 Å². The molecule has 0 bridgehead atoms. The van der Waals surface area contributed by atoms with Crippen LogP contribution in [0.1, 0.15) is 12.5 Å². The van der Waals surface area contributed by atoms with Gasteiger partial charge >= 0.3 is 0 Å². The van der Waals surface area contributed by atoms with Gasteiger partial charge in [-0.1, -0.05) is 17.7 Å². The second-order valence-corrected chi connectivity index (χ2v) is 5.66. The van der Waals surface area contributed by atoms with E-state index in [9.17, 15) is 13.5 Å². The Balaban J connectivity index is 2.43. The van der Waals surface area contributed by atoms with Gasteiger partial charge in [0.25, 0.3) is 10.1 Å². The molecule has 1 aromatic rings. The number of aliphatic hydroxyl groups is 1. The molecule has 7 heteroatoms. The van der Waals surface area contributed by atoms with Gasteiger partial charge in [-0.2, -0.15) is 8.42 Å². The van der Waals surface area contributed by atoms with Crippen LogP contribution in [0.4, 0.5) is 0 Å². The first-order valence-electron chi connectivity index (χ1n) is 6.29. The number of ether oxygens (including phenoxy) is 2. The van der Waals surface area contributed by atoms with Gasteiger partial charge in [-0.05, 0) is 26.0 Å². The van der Waals surface area contributed by atoms with Crippen molar-refractivity contribution in [3.63, 3.8) is 0 Å². The van der Waals surface area contributed by atoms with E-state index in [4.69, 9.17) is 9.47 Å². The summed E-state index contributed by atoms with van der Waals surface area (Å²) in [6, 6.07) is 6.16. The van der Waals surface area contributed by atoms with E-state index in [0.29, 0.717) is 13.2 Å². The second kappa shape index (κ2) is 8.33. The molecule has 0 heterocycles. The van der Waals surface area contributed by atoms with Crippen LogP contribution in [0.3, 0.4) is 0 Å². The van der Waals surface area contributed by atoms with Crippen LogP contribution in [-0.4, -0.2) is 46.2 Å². The summed E-state index contributed by atoms with van der Waals surface area (Å²) in [6.07, 6.45) is -1.54. The molecule has 0 amide bonds. The van der Waals surface area contributed by atoms with Gasteiger partial charge in [-0.25, -0.2) is 4.18 Å². The molecule has 0 saturated carbocycles. The molecule has 114 valence electrons. The molecule has 0 fully saturated rings. The van der Waals surface area contributed by atoms with E-state index in [1.807, 2.05) is 13.8 Å². The first kappa shape index (κ1) is 17.1. The summed E-state index contributed by atoms with van der Waals surface area (Å²) in [4.78, 5) is -0.00327. The van der Waals surface area contributed by atoms with Gasteiger partial charge in [-0.3, -0.25) is 0 Å². The van der Waals surface area contributed by atoms with E-state index >= 15 is 0 Å². The normalized spacial score (nSPS) is 13.3. The molecule has 0 aliphatic carbocycles. The lowest BCUT2D eigenvalue weighted by Gasteiger charge is -2.12. The molecule has 1 unspecified atom stereocenters. The van der Waals surface area contributed by atoms with Crippen molar-refractivity contribution in [2.75, 3.05) is 26.4 Å². The average Bonchev–Trinajstić information content (AvgIpc) is 2.38. The SMILES string of the molecule is CCOCCOCC(O)OS(=O)(=O)c1ccc(C)cc1. The van der Waals surface area contributed by atoms with Crippen molar-refractivity contribution in [2.45, 2.75) is 25.0 Å². The molecule has 1 rings (SSSR count). The summed E-state index contributed by atoms with van der Waals surface area (Å²) in [6.45, 7) is 4.68. The molecular formula is C13H20O6S. The number of aliphatic hydroxyl groups excluding tert-OH is 1. The van der Waals surface area contributed by atoms with Crippen LogP contribution in [0, 0.1) is 6.92 Å². The molecule has 1 N–H and O–H groups in total. The second-order valence-electron chi connectivity index (χ2n) is 4.09. The molecular weight excluding hydrogens is 284 g/mol. The third-order valence-electron chi connectivity index (χ3n) is 2.38. The maximum Gasteiger partial charge on any atom is 0.299 e. The molecule has 6 nitrogen and oxygen atoms in total. The molecule has 20 heavy (non-hydrogen) atoms. The third-order valence-corrected chi connectivity index (χ3v) is 3.71. The van der Waals surface area contributed by atoms with Crippen molar-refractivity contribution < 1.29 is 27.2 Å². The Morgan fingerprint density at radius 2 is 1.75 bits per heavy atom. The largest absolute Gasteiger partial charge is 0.379 e. The number of rotatable bonds is 9. The maximum absolute atomic E-state index is 11.8. The Kier molecular flexibility index (Phi) is 7.11. The highest BCUT2D eigenvalue weighted by atomic mass is 32.2. The van der Waals surface area contributed by atoms with E-state index in [-0.39, 0.29) is 18.1 Å². The summed E-state index contributed by atoms with van der Waals surface area (Å²) in [7, 11) is -3.98. The van der Waals surface area contributed by atoms with Gasteiger partial charge in [0.15, 0.2) is 6.29 Å². The molecule has 1 atom stereocenters. The standard InChI is InChI=1S/C13H20O6S/c1-3-17-8-9-18-10-13(14)19-20(15,16)12-6-4-11(2)5-7-12/h4-7,13-14H,3,8-10H2,1-2H3. The smallest absolute Gasteiger partial charge is 0.299 e. The average molecular weight is 304 g/mol. The lowest BCUT2D eigenvalue weighted by atomic mass is 10.2. The molecule has 0 spiro atoms. The molecule has 0 saturated heterocycles. The Morgan fingerprint density at radius 3 is 2.35 bits per heavy atom.